The van der Waals surface area contributed by atoms with Crippen LogP contribution in [0.4, 0.5) is 26.5 Å². The Labute approximate surface area is 205 Å². The lowest BCUT2D eigenvalue weighted by atomic mass is 9.97. The molecule has 2 heterocycles. The zero-order chi connectivity index (χ0) is 25.6. The maximum absolute atomic E-state index is 14.4. The number of piperidine rings is 1. The van der Waals surface area contributed by atoms with E-state index in [1.807, 2.05) is 6.92 Å². The Hall–Kier alpha value is -2.99. The molecule has 35 heavy (non-hydrogen) atoms. The van der Waals surface area contributed by atoms with E-state index in [1.165, 1.54) is 18.5 Å². The van der Waals surface area contributed by atoms with Gasteiger partial charge in [-0.15, -0.1) is 5.06 Å². The summed E-state index contributed by atoms with van der Waals surface area (Å²) in [6.45, 7) is 8.28. The number of hydroxylamine groups is 2. The van der Waals surface area contributed by atoms with Crippen molar-refractivity contribution in [3.8, 4) is 0 Å². The van der Waals surface area contributed by atoms with Gasteiger partial charge in [0.25, 0.3) is 0 Å². The number of benzene rings is 1. The molecule has 12 heteroatoms. The lowest BCUT2D eigenvalue weighted by Gasteiger charge is -2.33. The third-order valence-corrected chi connectivity index (χ3v) is 6.69. The number of hydrogen-bond donors (Lipinski definition) is 1. The van der Waals surface area contributed by atoms with Gasteiger partial charge >= 0.3 is 6.16 Å². The molecule has 192 valence electrons. The van der Waals surface area contributed by atoms with Crippen molar-refractivity contribution in [1.29, 1.82) is 0 Å². The summed E-state index contributed by atoms with van der Waals surface area (Å²) in [7, 11) is -3.50. The van der Waals surface area contributed by atoms with Gasteiger partial charge in [-0.1, -0.05) is 0 Å². The van der Waals surface area contributed by atoms with Gasteiger partial charge in [0.05, 0.1) is 16.7 Å². The van der Waals surface area contributed by atoms with Crippen molar-refractivity contribution >= 4 is 33.3 Å². The van der Waals surface area contributed by atoms with Gasteiger partial charge in [0.15, 0.2) is 9.84 Å². The number of carbonyl (C=O) groups is 1. The molecule has 0 bridgehead atoms. The molecule has 0 spiro atoms. The van der Waals surface area contributed by atoms with Crippen molar-refractivity contribution in [2.75, 3.05) is 42.7 Å². The summed E-state index contributed by atoms with van der Waals surface area (Å²) in [5.41, 5.74) is 0.119. The van der Waals surface area contributed by atoms with E-state index in [9.17, 15) is 17.6 Å². The van der Waals surface area contributed by atoms with Crippen molar-refractivity contribution in [2.24, 2.45) is 5.92 Å². The van der Waals surface area contributed by atoms with Crippen molar-refractivity contribution in [2.45, 2.75) is 44.6 Å². The van der Waals surface area contributed by atoms with Crippen LogP contribution in [0, 0.1) is 11.7 Å². The summed E-state index contributed by atoms with van der Waals surface area (Å²) in [5.74, 6) is 0.777. The number of halogens is 1. The van der Waals surface area contributed by atoms with Gasteiger partial charge in [0.1, 0.15) is 23.8 Å². The number of nitrogens with zero attached hydrogens (tertiary/aromatic N) is 4. The average molecular weight is 510 g/mol. The fraction of sp³-hybridized carbons (Fsp3) is 0.522. The highest BCUT2D eigenvalue weighted by atomic mass is 32.2. The van der Waals surface area contributed by atoms with Gasteiger partial charge in [-0.25, -0.2) is 27.6 Å². The Kier molecular flexibility index (Phi) is 8.84. The summed E-state index contributed by atoms with van der Waals surface area (Å²) >= 11 is 0. The highest BCUT2D eigenvalue weighted by Gasteiger charge is 2.25. The van der Waals surface area contributed by atoms with Crippen LogP contribution in [-0.2, 0) is 19.4 Å². The lowest BCUT2D eigenvalue weighted by Crippen LogP contribution is -2.40. The van der Waals surface area contributed by atoms with Crippen LogP contribution in [0.1, 0.15) is 33.6 Å². The van der Waals surface area contributed by atoms with Crippen molar-refractivity contribution in [3.05, 3.63) is 36.4 Å². The predicted octanol–water partition coefficient (Wildman–Crippen LogP) is 3.78. The number of aromatic nitrogens is 2. The first-order chi connectivity index (χ1) is 16.5. The molecule has 2 aromatic rings. The maximum atomic E-state index is 14.4. The molecule has 0 unspecified atom stereocenters. The van der Waals surface area contributed by atoms with Crippen molar-refractivity contribution < 1.29 is 27.2 Å². The monoisotopic (exact) mass is 509 g/mol. The number of carbonyl (C=O) groups excluding carboxylic acids is 1. The molecule has 0 saturated carbocycles. The van der Waals surface area contributed by atoms with E-state index >= 15 is 0 Å². The van der Waals surface area contributed by atoms with E-state index in [-0.39, 0.29) is 16.7 Å². The minimum atomic E-state index is -3.50. The standard InChI is InChI=1S/C23H32FN5O5S/c1-5-28(14-17-8-10-29(11-9-17)34-23(30)33-16(2)3)22-13-21(25-15-26-22)27-20-7-6-18(12-19(20)24)35(4,31)32/h6-7,12-13,15-17H,5,8-11,14H2,1-4H3,(H,25,26,27). The maximum Gasteiger partial charge on any atom is 0.528 e. The molecular weight excluding hydrogens is 477 g/mol. The van der Waals surface area contributed by atoms with Crippen LogP contribution in [0.2, 0.25) is 0 Å². The van der Waals surface area contributed by atoms with Crippen molar-refractivity contribution in [3.63, 3.8) is 0 Å². The molecule has 1 aromatic carbocycles. The van der Waals surface area contributed by atoms with Crippen LogP contribution in [0.5, 0.6) is 0 Å². The number of nitrogens with one attached hydrogen (secondary N) is 1. The molecule has 0 amide bonds. The number of anilines is 3. The van der Waals surface area contributed by atoms with Crippen molar-refractivity contribution in [1.82, 2.24) is 15.0 Å². The second-order valence-electron chi connectivity index (χ2n) is 8.72. The molecule has 1 aliphatic heterocycles. The molecule has 0 radical (unpaired) electrons. The number of hydrogen-bond acceptors (Lipinski definition) is 10. The van der Waals surface area contributed by atoms with Crippen LogP contribution in [0.25, 0.3) is 0 Å². The Morgan fingerprint density at radius 3 is 2.57 bits per heavy atom. The van der Waals surface area contributed by atoms with Crippen LogP contribution >= 0.6 is 0 Å². The first kappa shape index (κ1) is 26.6. The third-order valence-electron chi connectivity index (χ3n) is 5.58. The SMILES string of the molecule is CCN(CC1CCN(OC(=O)OC(C)C)CC1)c1cc(Nc2ccc(S(C)(=O)=O)cc2F)ncn1. The fourth-order valence-electron chi connectivity index (χ4n) is 3.75. The van der Waals surface area contributed by atoms with E-state index in [0.717, 1.165) is 31.7 Å². The Bertz CT molecular complexity index is 1120. The number of rotatable bonds is 9. The van der Waals surface area contributed by atoms with Crippen LogP contribution in [-0.4, -0.2) is 68.1 Å². The van der Waals surface area contributed by atoms with Gasteiger partial charge in [-0.2, -0.15) is 0 Å². The summed E-state index contributed by atoms with van der Waals surface area (Å²) in [6, 6.07) is 5.43. The number of sulfone groups is 1. The molecular formula is C23H32FN5O5S. The minimum Gasteiger partial charge on any atom is -0.430 e. The van der Waals surface area contributed by atoms with E-state index in [2.05, 4.69) is 20.2 Å². The second-order valence-corrected chi connectivity index (χ2v) is 10.7. The molecule has 1 fully saturated rings. The molecule has 0 atom stereocenters. The lowest BCUT2D eigenvalue weighted by molar-refractivity contribution is -0.146. The fourth-order valence-corrected chi connectivity index (χ4v) is 4.39. The van der Waals surface area contributed by atoms with Gasteiger partial charge in [-0.05, 0) is 57.7 Å². The van der Waals surface area contributed by atoms with Gasteiger partial charge < -0.3 is 19.8 Å². The molecule has 0 aliphatic carbocycles. The summed E-state index contributed by atoms with van der Waals surface area (Å²) in [4.78, 5) is 27.5. The average Bonchev–Trinajstić information content (AvgIpc) is 2.79. The first-order valence-corrected chi connectivity index (χ1v) is 13.4. The Morgan fingerprint density at radius 1 is 1.26 bits per heavy atom. The normalized spacial score (nSPS) is 15.1. The Balaban J connectivity index is 1.60. The molecule has 1 saturated heterocycles. The van der Waals surface area contributed by atoms with Crippen LogP contribution in [0.15, 0.2) is 35.5 Å². The highest BCUT2D eigenvalue weighted by Crippen LogP contribution is 2.25. The van der Waals surface area contributed by atoms with Gasteiger partial charge in [0.2, 0.25) is 0 Å². The first-order valence-electron chi connectivity index (χ1n) is 11.5. The molecule has 1 N–H and O–H groups in total. The van der Waals surface area contributed by atoms with Gasteiger partial charge in [0, 0.05) is 38.5 Å². The van der Waals surface area contributed by atoms with E-state index in [4.69, 9.17) is 9.57 Å². The zero-order valence-corrected chi connectivity index (χ0v) is 21.2. The molecule has 1 aliphatic rings. The molecule has 10 nitrogen and oxygen atoms in total. The summed E-state index contributed by atoms with van der Waals surface area (Å²) in [5, 5.41) is 4.53. The highest BCUT2D eigenvalue weighted by molar-refractivity contribution is 7.90. The largest absolute Gasteiger partial charge is 0.528 e. The van der Waals surface area contributed by atoms with Crippen LogP contribution < -0.4 is 10.2 Å². The van der Waals surface area contributed by atoms with E-state index < -0.39 is 21.8 Å². The zero-order valence-electron chi connectivity index (χ0n) is 20.4. The number of ether oxygens (including phenoxy) is 1. The second kappa shape index (κ2) is 11.6. The molecule has 3 rings (SSSR count). The quantitative estimate of drug-likeness (QED) is 0.501. The topological polar surface area (TPSA) is 114 Å². The third kappa shape index (κ3) is 7.76. The van der Waals surface area contributed by atoms with Crippen LogP contribution in [0.3, 0.4) is 0 Å². The molecule has 1 aromatic heterocycles. The summed E-state index contributed by atoms with van der Waals surface area (Å²) < 4.78 is 42.7. The van der Waals surface area contributed by atoms with Gasteiger partial charge in [-0.3, -0.25) is 0 Å². The smallest absolute Gasteiger partial charge is 0.430 e. The van der Waals surface area contributed by atoms with E-state index in [1.54, 1.807) is 25.0 Å². The predicted molar refractivity (Wildman–Crippen MR) is 130 cm³/mol. The summed E-state index contributed by atoms with van der Waals surface area (Å²) in [6.07, 6.45) is 3.22. The van der Waals surface area contributed by atoms with E-state index in [0.29, 0.717) is 37.2 Å². The Morgan fingerprint density at radius 2 is 1.97 bits per heavy atom. The minimum absolute atomic E-state index is 0.0886.